The molecule has 0 aliphatic carbocycles. The maximum absolute atomic E-state index is 14.3. The van der Waals surface area contributed by atoms with Crippen LogP contribution >= 0.6 is 0 Å². The SMILES string of the molecule is CN(C)/C=C(\C#N)C(=O)c1cc2c(F)cccc2n1S(=O)(=O)c1ccccc1. The Bertz CT molecular complexity index is 1240. The lowest BCUT2D eigenvalue weighted by molar-refractivity contribution is 0.103. The number of allylic oxidation sites excluding steroid dienone is 1. The van der Waals surface area contributed by atoms with Crippen LogP contribution in [0.25, 0.3) is 10.9 Å². The van der Waals surface area contributed by atoms with Crippen molar-refractivity contribution < 1.29 is 17.6 Å². The summed E-state index contributed by atoms with van der Waals surface area (Å²) in [7, 11) is -0.955. The summed E-state index contributed by atoms with van der Waals surface area (Å²) in [6.07, 6.45) is 1.29. The molecule has 6 nitrogen and oxygen atoms in total. The first-order valence-electron chi connectivity index (χ1n) is 8.21. The van der Waals surface area contributed by atoms with Crippen LogP contribution < -0.4 is 0 Å². The van der Waals surface area contributed by atoms with Crippen molar-refractivity contribution in [1.82, 2.24) is 8.87 Å². The Morgan fingerprint density at radius 2 is 1.82 bits per heavy atom. The molecule has 142 valence electrons. The van der Waals surface area contributed by atoms with Gasteiger partial charge in [0.2, 0.25) is 5.78 Å². The molecule has 0 atom stereocenters. The van der Waals surface area contributed by atoms with Gasteiger partial charge >= 0.3 is 0 Å². The molecule has 8 heteroatoms. The second kappa shape index (κ2) is 7.29. The van der Waals surface area contributed by atoms with Crippen LogP contribution in [0.4, 0.5) is 4.39 Å². The van der Waals surface area contributed by atoms with Gasteiger partial charge in [0.15, 0.2) is 0 Å². The molecule has 0 bridgehead atoms. The smallest absolute Gasteiger partial charge is 0.268 e. The van der Waals surface area contributed by atoms with Crippen LogP contribution in [0.1, 0.15) is 10.5 Å². The standard InChI is InChI=1S/C20H16FN3O3S/c1-23(2)13-14(12-22)20(25)19-11-16-17(21)9-6-10-18(16)24(19)28(26,27)15-7-4-3-5-8-15/h3-11,13H,1-2H3/b14-13+. The number of halogens is 1. The number of nitriles is 1. The van der Waals surface area contributed by atoms with Crippen LogP contribution in [0.15, 0.2) is 71.3 Å². The fourth-order valence-electron chi connectivity index (χ4n) is 2.82. The summed E-state index contributed by atoms with van der Waals surface area (Å²) in [5, 5.41) is 9.33. The van der Waals surface area contributed by atoms with Crippen LogP contribution in [-0.2, 0) is 10.0 Å². The summed E-state index contributed by atoms with van der Waals surface area (Å²) in [5.41, 5.74) is -0.550. The van der Waals surface area contributed by atoms with E-state index >= 15 is 0 Å². The molecule has 1 aromatic heterocycles. The number of nitrogens with zero attached hydrogens (tertiary/aromatic N) is 3. The highest BCUT2D eigenvalue weighted by Gasteiger charge is 2.28. The van der Waals surface area contributed by atoms with E-state index in [0.717, 1.165) is 10.0 Å². The zero-order valence-electron chi connectivity index (χ0n) is 15.1. The molecular formula is C20H16FN3O3S. The number of fused-ring (bicyclic) bond motifs is 1. The van der Waals surface area contributed by atoms with Crippen molar-refractivity contribution in [1.29, 1.82) is 5.26 Å². The lowest BCUT2D eigenvalue weighted by atomic mass is 10.1. The minimum Gasteiger partial charge on any atom is -0.382 e. The van der Waals surface area contributed by atoms with Crippen molar-refractivity contribution in [3.63, 3.8) is 0 Å². The molecule has 3 aromatic rings. The largest absolute Gasteiger partial charge is 0.382 e. The zero-order valence-corrected chi connectivity index (χ0v) is 15.9. The quantitative estimate of drug-likeness (QED) is 0.375. The predicted molar refractivity (Wildman–Crippen MR) is 103 cm³/mol. The number of carbonyl (C=O) groups is 1. The number of hydrogen-bond acceptors (Lipinski definition) is 5. The maximum atomic E-state index is 14.3. The number of ketones is 1. The van der Waals surface area contributed by atoms with E-state index in [9.17, 15) is 22.9 Å². The number of rotatable bonds is 5. The Kier molecular flexibility index (Phi) is 5.03. The molecule has 28 heavy (non-hydrogen) atoms. The third kappa shape index (κ3) is 3.28. The highest BCUT2D eigenvalue weighted by molar-refractivity contribution is 7.90. The molecule has 3 rings (SSSR count). The Labute approximate surface area is 161 Å². The van der Waals surface area contributed by atoms with Crippen molar-refractivity contribution >= 4 is 26.7 Å². The van der Waals surface area contributed by atoms with E-state index in [1.165, 1.54) is 41.4 Å². The minimum atomic E-state index is -4.21. The second-order valence-corrected chi connectivity index (χ2v) is 8.02. The van der Waals surface area contributed by atoms with Crippen LogP contribution in [0, 0.1) is 17.1 Å². The summed E-state index contributed by atoms with van der Waals surface area (Å²) in [5.74, 6) is -1.48. The molecule has 0 unspecified atom stereocenters. The fourth-order valence-corrected chi connectivity index (χ4v) is 4.34. The Hall–Kier alpha value is -3.44. The van der Waals surface area contributed by atoms with E-state index in [1.807, 2.05) is 0 Å². The first-order chi connectivity index (χ1) is 13.3. The third-order valence-electron chi connectivity index (χ3n) is 4.01. The summed E-state index contributed by atoms with van der Waals surface area (Å²) >= 11 is 0. The van der Waals surface area contributed by atoms with Gasteiger partial charge in [-0.15, -0.1) is 0 Å². The van der Waals surface area contributed by atoms with Gasteiger partial charge in [0.25, 0.3) is 10.0 Å². The molecule has 0 spiro atoms. The average molecular weight is 397 g/mol. The number of hydrogen-bond donors (Lipinski definition) is 0. The molecule has 0 fully saturated rings. The van der Waals surface area contributed by atoms with Crippen molar-refractivity contribution in [2.24, 2.45) is 0 Å². The van der Waals surface area contributed by atoms with E-state index in [0.29, 0.717) is 0 Å². The lowest BCUT2D eigenvalue weighted by Crippen LogP contribution is -2.20. The maximum Gasteiger partial charge on any atom is 0.268 e. The fraction of sp³-hybridized carbons (Fsp3) is 0.100. The molecule has 2 aromatic carbocycles. The number of aromatic nitrogens is 1. The van der Waals surface area contributed by atoms with Gasteiger partial charge in [-0.3, -0.25) is 4.79 Å². The van der Waals surface area contributed by atoms with Crippen LogP contribution in [0.2, 0.25) is 0 Å². The summed E-state index contributed by atoms with van der Waals surface area (Å²) in [4.78, 5) is 14.4. The van der Waals surface area contributed by atoms with Gasteiger partial charge in [-0.25, -0.2) is 16.8 Å². The van der Waals surface area contributed by atoms with E-state index in [-0.39, 0.29) is 27.1 Å². The number of carbonyl (C=O) groups excluding carboxylic acids is 1. The van der Waals surface area contributed by atoms with Gasteiger partial charge < -0.3 is 4.90 Å². The molecule has 0 saturated carbocycles. The van der Waals surface area contributed by atoms with Gasteiger partial charge in [0, 0.05) is 25.7 Å². The molecule has 0 N–H and O–H groups in total. The highest BCUT2D eigenvalue weighted by Crippen LogP contribution is 2.29. The van der Waals surface area contributed by atoms with E-state index in [2.05, 4.69) is 0 Å². The Morgan fingerprint density at radius 1 is 1.14 bits per heavy atom. The van der Waals surface area contributed by atoms with E-state index < -0.39 is 21.6 Å². The number of Topliss-reactive ketones (excluding diaryl/α,β-unsaturated/α-hetero) is 1. The summed E-state index contributed by atoms with van der Waals surface area (Å²) in [6, 6.07) is 14.4. The molecule has 1 heterocycles. The topological polar surface area (TPSA) is 83.2 Å². The normalized spacial score (nSPS) is 12.0. The molecular weight excluding hydrogens is 381 g/mol. The average Bonchev–Trinajstić information content (AvgIpc) is 3.08. The van der Waals surface area contributed by atoms with Crippen LogP contribution in [0.5, 0.6) is 0 Å². The van der Waals surface area contributed by atoms with Gasteiger partial charge in [-0.05, 0) is 30.3 Å². The van der Waals surface area contributed by atoms with Crippen molar-refractivity contribution in [2.45, 2.75) is 4.90 Å². The first-order valence-corrected chi connectivity index (χ1v) is 9.65. The number of benzene rings is 2. The lowest BCUT2D eigenvalue weighted by Gasteiger charge is -2.12. The molecule has 0 aliphatic rings. The van der Waals surface area contributed by atoms with Crippen molar-refractivity contribution in [3.8, 4) is 6.07 Å². The Morgan fingerprint density at radius 3 is 2.43 bits per heavy atom. The van der Waals surface area contributed by atoms with Crippen molar-refractivity contribution in [2.75, 3.05) is 14.1 Å². The molecule has 0 saturated heterocycles. The second-order valence-electron chi connectivity index (χ2n) is 6.23. The van der Waals surface area contributed by atoms with Gasteiger partial charge in [0.1, 0.15) is 23.2 Å². The van der Waals surface area contributed by atoms with Gasteiger partial charge in [-0.2, -0.15) is 5.26 Å². The zero-order chi connectivity index (χ0) is 20.5. The Balaban J connectivity index is 2.37. The van der Waals surface area contributed by atoms with Crippen LogP contribution in [0.3, 0.4) is 0 Å². The van der Waals surface area contributed by atoms with E-state index in [1.54, 1.807) is 38.4 Å². The minimum absolute atomic E-state index is 0.0208. The summed E-state index contributed by atoms with van der Waals surface area (Å²) in [6.45, 7) is 0. The molecule has 0 aliphatic heterocycles. The third-order valence-corrected chi connectivity index (χ3v) is 5.76. The molecule has 0 amide bonds. The van der Waals surface area contributed by atoms with Gasteiger partial charge in [0.05, 0.1) is 10.4 Å². The first kappa shape index (κ1) is 19.3. The summed E-state index contributed by atoms with van der Waals surface area (Å²) < 4.78 is 41.6. The molecule has 0 radical (unpaired) electrons. The highest BCUT2D eigenvalue weighted by atomic mass is 32.2. The van der Waals surface area contributed by atoms with E-state index in [4.69, 9.17) is 0 Å². The monoisotopic (exact) mass is 397 g/mol. The van der Waals surface area contributed by atoms with Gasteiger partial charge in [-0.1, -0.05) is 24.3 Å². The van der Waals surface area contributed by atoms with Crippen LogP contribution in [-0.4, -0.2) is 37.2 Å². The van der Waals surface area contributed by atoms with Crippen molar-refractivity contribution in [3.05, 3.63) is 77.9 Å². The predicted octanol–water partition coefficient (Wildman–Crippen LogP) is 3.17.